The molecule has 10 heteroatoms. The van der Waals surface area contributed by atoms with Crippen molar-refractivity contribution in [3.05, 3.63) is 46.6 Å². The molecule has 1 aromatic carbocycles. The van der Waals surface area contributed by atoms with E-state index in [1.54, 1.807) is 6.07 Å². The van der Waals surface area contributed by atoms with Crippen LogP contribution < -0.4 is 9.46 Å². The number of thiophene rings is 1. The first kappa shape index (κ1) is 16.9. The van der Waals surface area contributed by atoms with E-state index in [1.807, 2.05) is 17.5 Å². The van der Waals surface area contributed by atoms with Gasteiger partial charge in [0.15, 0.2) is 0 Å². The van der Waals surface area contributed by atoms with Crippen molar-refractivity contribution >= 4 is 33.0 Å². The van der Waals surface area contributed by atoms with Crippen LogP contribution >= 0.6 is 22.9 Å². The van der Waals surface area contributed by atoms with E-state index in [0.717, 1.165) is 4.88 Å². The number of nitrogens with one attached hydrogen (secondary N) is 1. The maximum atomic E-state index is 12.4. The maximum absolute atomic E-state index is 12.4. The molecule has 2 aromatic heterocycles. The van der Waals surface area contributed by atoms with Crippen LogP contribution in [0.4, 0.5) is 0 Å². The molecule has 0 radical (unpaired) electrons. The minimum Gasteiger partial charge on any atom is -0.495 e. The van der Waals surface area contributed by atoms with Crippen LogP contribution in [0.25, 0.3) is 10.8 Å². The molecule has 0 aliphatic rings. The van der Waals surface area contributed by atoms with Crippen molar-refractivity contribution in [2.45, 2.75) is 11.4 Å². The summed E-state index contributed by atoms with van der Waals surface area (Å²) in [4.78, 5) is 0.753. The average molecular weight is 386 g/mol. The number of benzene rings is 1. The van der Waals surface area contributed by atoms with Gasteiger partial charge < -0.3 is 9.15 Å². The van der Waals surface area contributed by atoms with Gasteiger partial charge in [0, 0.05) is 5.02 Å². The Bertz CT molecular complexity index is 939. The summed E-state index contributed by atoms with van der Waals surface area (Å²) in [5.41, 5.74) is 0. The molecule has 0 fully saturated rings. The van der Waals surface area contributed by atoms with E-state index < -0.39 is 10.0 Å². The van der Waals surface area contributed by atoms with Gasteiger partial charge >= 0.3 is 0 Å². The zero-order chi connectivity index (χ0) is 17.2. The maximum Gasteiger partial charge on any atom is 0.257 e. The Hall–Kier alpha value is -1.94. The zero-order valence-electron chi connectivity index (χ0n) is 12.4. The largest absolute Gasteiger partial charge is 0.495 e. The molecule has 24 heavy (non-hydrogen) atoms. The van der Waals surface area contributed by atoms with E-state index in [2.05, 4.69) is 14.9 Å². The molecule has 1 N–H and O–H groups in total. The molecule has 0 aliphatic heterocycles. The van der Waals surface area contributed by atoms with Crippen LogP contribution in [0, 0.1) is 0 Å². The molecule has 0 atom stereocenters. The summed E-state index contributed by atoms with van der Waals surface area (Å²) in [6.07, 6.45) is 0. The van der Waals surface area contributed by atoms with Gasteiger partial charge in [-0.2, -0.15) is 0 Å². The molecule has 126 valence electrons. The number of methoxy groups -OCH3 is 1. The summed E-state index contributed by atoms with van der Waals surface area (Å²) in [6, 6.07) is 8.04. The zero-order valence-corrected chi connectivity index (χ0v) is 14.8. The lowest BCUT2D eigenvalue weighted by molar-refractivity contribution is 0.402. The third-order valence-corrected chi connectivity index (χ3v) is 5.54. The van der Waals surface area contributed by atoms with Crippen molar-refractivity contribution in [2.24, 2.45) is 0 Å². The second kappa shape index (κ2) is 6.89. The van der Waals surface area contributed by atoms with E-state index in [0.29, 0.717) is 5.89 Å². The number of aromatic nitrogens is 2. The van der Waals surface area contributed by atoms with Gasteiger partial charge in [0.1, 0.15) is 10.6 Å². The molecule has 0 spiro atoms. The second-order valence-corrected chi connectivity index (χ2v) is 7.72. The molecule has 0 saturated heterocycles. The topological polar surface area (TPSA) is 94.3 Å². The number of rotatable bonds is 6. The predicted molar refractivity (Wildman–Crippen MR) is 89.6 cm³/mol. The van der Waals surface area contributed by atoms with Crippen molar-refractivity contribution in [1.29, 1.82) is 0 Å². The lowest BCUT2D eigenvalue weighted by Crippen LogP contribution is -2.24. The Morgan fingerprint density at radius 2 is 2.17 bits per heavy atom. The number of hydrogen-bond acceptors (Lipinski definition) is 7. The van der Waals surface area contributed by atoms with Crippen molar-refractivity contribution in [3.63, 3.8) is 0 Å². The molecule has 2 heterocycles. The first-order valence-electron chi connectivity index (χ1n) is 6.69. The summed E-state index contributed by atoms with van der Waals surface area (Å²) >= 11 is 7.32. The molecule has 0 saturated carbocycles. The Kier molecular flexibility index (Phi) is 4.86. The highest BCUT2D eigenvalue weighted by Crippen LogP contribution is 2.27. The molecule has 7 nitrogen and oxygen atoms in total. The van der Waals surface area contributed by atoms with Crippen LogP contribution in [-0.2, 0) is 16.6 Å². The molecular weight excluding hydrogens is 374 g/mol. The Balaban J connectivity index is 1.77. The van der Waals surface area contributed by atoms with Crippen molar-refractivity contribution in [3.8, 4) is 16.5 Å². The van der Waals surface area contributed by atoms with Crippen LogP contribution in [0.5, 0.6) is 5.75 Å². The van der Waals surface area contributed by atoms with Crippen molar-refractivity contribution in [2.75, 3.05) is 7.11 Å². The Morgan fingerprint density at radius 1 is 1.33 bits per heavy atom. The van der Waals surface area contributed by atoms with E-state index >= 15 is 0 Å². The smallest absolute Gasteiger partial charge is 0.257 e. The van der Waals surface area contributed by atoms with Gasteiger partial charge in [-0.1, -0.05) is 17.7 Å². The molecule has 0 aliphatic carbocycles. The number of nitrogens with zero attached hydrogens (tertiary/aromatic N) is 2. The first-order valence-corrected chi connectivity index (χ1v) is 9.43. The predicted octanol–water partition coefficient (Wildman–Crippen LogP) is 2.94. The fourth-order valence-electron chi connectivity index (χ4n) is 1.92. The summed E-state index contributed by atoms with van der Waals surface area (Å²) in [5, 5.41) is 9.90. The monoisotopic (exact) mass is 385 g/mol. The van der Waals surface area contributed by atoms with Crippen LogP contribution in [0.1, 0.15) is 5.89 Å². The minimum atomic E-state index is -3.85. The van der Waals surface area contributed by atoms with Gasteiger partial charge in [-0.25, -0.2) is 13.1 Å². The summed E-state index contributed by atoms with van der Waals surface area (Å²) in [5.74, 6) is 0.694. The van der Waals surface area contributed by atoms with Gasteiger partial charge in [-0.05, 0) is 29.6 Å². The van der Waals surface area contributed by atoms with E-state index in [1.165, 1.54) is 30.6 Å². The minimum absolute atomic E-state index is 0.0597. The highest BCUT2D eigenvalue weighted by molar-refractivity contribution is 7.89. The normalized spacial score (nSPS) is 11.6. The average Bonchev–Trinajstić information content (AvgIpc) is 3.24. The molecule has 0 amide bonds. The van der Waals surface area contributed by atoms with Crippen LogP contribution in [0.2, 0.25) is 5.02 Å². The van der Waals surface area contributed by atoms with Gasteiger partial charge in [-0.3, -0.25) is 0 Å². The van der Waals surface area contributed by atoms with Gasteiger partial charge in [0.25, 0.3) is 5.89 Å². The number of hydrogen-bond donors (Lipinski definition) is 1. The van der Waals surface area contributed by atoms with Crippen LogP contribution in [0.15, 0.2) is 45.0 Å². The molecule has 0 unspecified atom stereocenters. The fraction of sp³-hybridized carbons (Fsp3) is 0.143. The van der Waals surface area contributed by atoms with Crippen molar-refractivity contribution in [1.82, 2.24) is 14.9 Å². The van der Waals surface area contributed by atoms with E-state index in [-0.39, 0.29) is 28.1 Å². The number of halogens is 1. The van der Waals surface area contributed by atoms with Crippen LogP contribution in [0.3, 0.4) is 0 Å². The van der Waals surface area contributed by atoms with Crippen LogP contribution in [-0.4, -0.2) is 25.7 Å². The SMILES string of the molecule is COc1ccc(Cl)cc1S(=O)(=O)NCc1nnc(-c2cccs2)o1. The molecule has 0 bridgehead atoms. The number of sulfonamides is 1. The summed E-state index contributed by atoms with van der Waals surface area (Å²) < 4.78 is 37.8. The molecular formula is C14H12ClN3O4S2. The van der Waals surface area contributed by atoms with Gasteiger partial charge in [0.05, 0.1) is 18.5 Å². The third-order valence-electron chi connectivity index (χ3n) is 3.03. The fourth-order valence-corrected chi connectivity index (χ4v) is 3.97. The molecule has 3 aromatic rings. The lowest BCUT2D eigenvalue weighted by atomic mass is 10.3. The second-order valence-electron chi connectivity index (χ2n) is 4.60. The molecule has 3 rings (SSSR count). The summed E-state index contributed by atoms with van der Waals surface area (Å²) in [7, 11) is -2.47. The van der Waals surface area contributed by atoms with E-state index in [4.69, 9.17) is 20.8 Å². The third kappa shape index (κ3) is 3.59. The van der Waals surface area contributed by atoms with Gasteiger partial charge in [-0.15, -0.1) is 21.5 Å². The Morgan fingerprint density at radius 3 is 2.88 bits per heavy atom. The standard InChI is InChI=1S/C14H12ClN3O4S2/c1-21-10-5-4-9(15)7-12(10)24(19,20)16-8-13-17-18-14(22-13)11-3-2-6-23-11/h2-7,16H,8H2,1H3. The van der Waals surface area contributed by atoms with Gasteiger partial charge in [0.2, 0.25) is 15.9 Å². The summed E-state index contributed by atoms with van der Waals surface area (Å²) in [6.45, 7) is -0.142. The van der Waals surface area contributed by atoms with Crippen molar-refractivity contribution < 1.29 is 17.6 Å². The number of ether oxygens (including phenoxy) is 1. The quantitative estimate of drug-likeness (QED) is 0.701. The highest BCUT2D eigenvalue weighted by Gasteiger charge is 2.21. The Labute approximate surface area is 147 Å². The lowest BCUT2D eigenvalue weighted by Gasteiger charge is -2.10. The highest BCUT2D eigenvalue weighted by atomic mass is 35.5. The van der Waals surface area contributed by atoms with E-state index in [9.17, 15) is 8.42 Å². The first-order chi connectivity index (χ1) is 11.5.